The fourth-order valence-electron chi connectivity index (χ4n) is 1.22. The summed E-state index contributed by atoms with van der Waals surface area (Å²) >= 11 is 0. The molecule has 5 nitrogen and oxygen atoms in total. The average molecular weight is 235 g/mol. The van der Waals surface area contributed by atoms with Crippen LogP contribution in [0, 0.1) is 0 Å². The van der Waals surface area contributed by atoms with E-state index in [1.807, 2.05) is 0 Å². The van der Waals surface area contributed by atoms with Gasteiger partial charge in [-0.1, -0.05) is 0 Å². The molecule has 0 saturated carbocycles. The Labute approximate surface area is 89.2 Å². The summed E-state index contributed by atoms with van der Waals surface area (Å²) < 4.78 is 5.13. The van der Waals surface area contributed by atoms with Crippen molar-refractivity contribution in [2.24, 2.45) is 11.5 Å². The van der Waals surface area contributed by atoms with Crippen LogP contribution in [0.1, 0.15) is 0 Å². The fourth-order valence-corrected chi connectivity index (χ4v) is 1.22. The molecule has 1 rings (SSSR count). The van der Waals surface area contributed by atoms with E-state index >= 15 is 0 Å². The lowest BCUT2D eigenvalue weighted by atomic mass is 10.1. The zero-order valence-corrected chi connectivity index (χ0v) is 8.63. The second-order valence-electron chi connectivity index (χ2n) is 2.67. The van der Waals surface area contributed by atoms with Gasteiger partial charge in [-0.2, -0.15) is 0 Å². The summed E-state index contributed by atoms with van der Waals surface area (Å²) in [4.78, 5) is 0. The van der Waals surface area contributed by atoms with E-state index in [4.69, 9.17) is 16.2 Å². The summed E-state index contributed by atoms with van der Waals surface area (Å²) in [5.41, 5.74) is 10.5. The normalized spacial score (nSPS) is 37.8. The number of hydrogen-bond donors (Lipinski definition) is 4. The number of hydrogen-bond acceptors (Lipinski definition) is 5. The zero-order valence-electron chi connectivity index (χ0n) is 7.00. The van der Waals surface area contributed by atoms with Crippen molar-refractivity contribution >= 4 is 24.8 Å². The minimum absolute atomic E-state index is 0. The first kappa shape index (κ1) is 15.8. The van der Waals surface area contributed by atoms with Crippen LogP contribution in [0.2, 0.25) is 0 Å². The maximum absolute atomic E-state index is 9.25. The lowest BCUT2D eigenvalue weighted by molar-refractivity contribution is 0.0179. The van der Waals surface area contributed by atoms with Crippen LogP contribution in [0.5, 0.6) is 0 Å². The summed E-state index contributed by atoms with van der Waals surface area (Å²) in [5.74, 6) is 0. The largest absolute Gasteiger partial charge is 0.388 e. The van der Waals surface area contributed by atoms with E-state index in [1.54, 1.807) is 0 Å². The molecule has 0 bridgehead atoms. The van der Waals surface area contributed by atoms with Crippen LogP contribution in [0.3, 0.4) is 0 Å². The number of halogens is 2. The molecule has 1 heterocycles. The highest BCUT2D eigenvalue weighted by molar-refractivity contribution is 5.85. The van der Waals surface area contributed by atoms with Gasteiger partial charge in [0.05, 0.1) is 12.2 Å². The van der Waals surface area contributed by atoms with E-state index in [1.165, 1.54) is 0 Å². The molecular weight excluding hydrogens is 219 g/mol. The highest BCUT2D eigenvalue weighted by atomic mass is 35.5. The summed E-state index contributed by atoms with van der Waals surface area (Å²) in [6.45, 7) is 0.406. The minimum Gasteiger partial charge on any atom is -0.388 e. The summed E-state index contributed by atoms with van der Waals surface area (Å²) in [7, 11) is 0. The fraction of sp³-hybridized carbons (Fsp3) is 1.00. The topological polar surface area (TPSA) is 102 Å². The van der Waals surface area contributed by atoms with Crippen molar-refractivity contribution in [2.75, 3.05) is 13.1 Å². The van der Waals surface area contributed by atoms with Crippen molar-refractivity contribution in [1.29, 1.82) is 0 Å². The summed E-state index contributed by atoms with van der Waals surface area (Å²) in [6.07, 6.45) is -2.74. The van der Waals surface area contributed by atoms with Crippen LogP contribution in [-0.2, 0) is 4.74 Å². The van der Waals surface area contributed by atoms with Crippen molar-refractivity contribution in [3.63, 3.8) is 0 Å². The second-order valence-corrected chi connectivity index (χ2v) is 2.67. The Hall–Kier alpha value is 0.380. The first-order valence-electron chi connectivity index (χ1n) is 3.62. The molecule has 0 amide bonds. The van der Waals surface area contributed by atoms with Gasteiger partial charge in [0.25, 0.3) is 0 Å². The third kappa shape index (κ3) is 3.21. The Morgan fingerprint density at radius 3 is 1.38 bits per heavy atom. The van der Waals surface area contributed by atoms with Gasteiger partial charge in [-0.25, -0.2) is 0 Å². The van der Waals surface area contributed by atoms with Crippen molar-refractivity contribution in [3.05, 3.63) is 0 Å². The SMILES string of the molecule is Cl.Cl.NC[C@H]1O[C@H](CN)[C@@H](O)[C@@H]1O. The monoisotopic (exact) mass is 234 g/mol. The first-order valence-corrected chi connectivity index (χ1v) is 3.62. The highest BCUT2D eigenvalue weighted by Gasteiger charge is 2.40. The second kappa shape index (κ2) is 6.78. The van der Waals surface area contributed by atoms with Crippen LogP contribution in [0.15, 0.2) is 0 Å². The van der Waals surface area contributed by atoms with Crippen LogP contribution in [-0.4, -0.2) is 47.7 Å². The molecule has 82 valence electrons. The molecule has 1 aliphatic rings. The van der Waals surface area contributed by atoms with Crippen LogP contribution in [0.4, 0.5) is 0 Å². The molecule has 0 spiro atoms. The minimum atomic E-state index is -0.895. The number of ether oxygens (including phenoxy) is 1. The van der Waals surface area contributed by atoms with Gasteiger partial charge in [-0.15, -0.1) is 24.8 Å². The highest BCUT2D eigenvalue weighted by Crippen LogP contribution is 2.19. The predicted octanol–water partition coefficient (Wildman–Crippen LogP) is -1.76. The van der Waals surface area contributed by atoms with Crippen molar-refractivity contribution in [1.82, 2.24) is 0 Å². The van der Waals surface area contributed by atoms with Crippen molar-refractivity contribution in [3.8, 4) is 0 Å². The van der Waals surface area contributed by atoms with Crippen LogP contribution in [0.25, 0.3) is 0 Å². The smallest absolute Gasteiger partial charge is 0.110 e. The molecule has 1 fully saturated rings. The molecule has 4 atom stereocenters. The van der Waals surface area contributed by atoms with E-state index in [-0.39, 0.29) is 37.9 Å². The molecule has 1 aliphatic heterocycles. The standard InChI is InChI=1S/C6H14N2O3.2ClH/c7-1-3-5(9)6(10)4(2-8)11-3;;/h3-6,9-10H,1-2,7-8H2;2*1H/t3-,4-,5-,6-;;/m1../s1. The molecular formula is C6H16Cl2N2O3. The third-order valence-electron chi connectivity index (χ3n) is 1.93. The Bertz CT molecular complexity index is 123. The Kier molecular flexibility index (Phi) is 8.26. The van der Waals surface area contributed by atoms with Gasteiger partial charge in [0.1, 0.15) is 12.2 Å². The van der Waals surface area contributed by atoms with Crippen molar-refractivity contribution < 1.29 is 14.9 Å². The third-order valence-corrected chi connectivity index (χ3v) is 1.93. The molecule has 6 N–H and O–H groups in total. The molecule has 0 unspecified atom stereocenters. The molecule has 0 aromatic carbocycles. The Balaban J connectivity index is 0. The van der Waals surface area contributed by atoms with Gasteiger partial charge < -0.3 is 26.4 Å². The van der Waals surface area contributed by atoms with Gasteiger partial charge >= 0.3 is 0 Å². The van der Waals surface area contributed by atoms with Gasteiger partial charge in [-0.05, 0) is 0 Å². The molecule has 7 heteroatoms. The van der Waals surface area contributed by atoms with Gasteiger partial charge in [0.15, 0.2) is 0 Å². The number of rotatable bonds is 2. The van der Waals surface area contributed by atoms with E-state index in [0.29, 0.717) is 0 Å². The van der Waals surface area contributed by atoms with Crippen LogP contribution < -0.4 is 11.5 Å². The Morgan fingerprint density at radius 1 is 0.923 bits per heavy atom. The van der Waals surface area contributed by atoms with E-state index in [2.05, 4.69) is 0 Å². The van der Waals surface area contributed by atoms with Crippen molar-refractivity contribution in [2.45, 2.75) is 24.4 Å². The molecule has 0 aromatic heterocycles. The summed E-state index contributed by atoms with van der Waals surface area (Å²) in [5, 5.41) is 18.5. The molecule has 1 saturated heterocycles. The number of nitrogens with two attached hydrogens (primary N) is 2. The lowest BCUT2D eigenvalue weighted by Crippen LogP contribution is -2.37. The number of aliphatic hydroxyl groups is 2. The zero-order chi connectivity index (χ0) is 8.43. The quantitative estimate of drug-likeness (QED) is 0.454. The number of aliphatic hydroxyl groups excluding tert-OH is 2. The van der Waals surface area contributed by atoms with E-state index < -0.39 is 24.4 Å². The van der Waals surface area contributed by atoms with Gasteiger partial charge in [0, 0.05) is 13.1 Å². The van der Waals surface area contributed by atoms with E-state index in [0.717, 1.165) is 0 Å². The lowest BCUT2D eigenvalue weighted by Gasteiger charge is -2.11. The Morgan fingerprint density at radius 2 is 1.23 bits per heavy atom. The van der Waals surface area contributed by atoms with Gasteiger partial charge in [-0.3, -0.25) is 0 Å². The average Bonchev–Trinajstić information content (AvgIpc) is 2.30. The van der Waals surface area contributed by atoms with E-state index in [9.17, 15) is 10.2 Å². The summed E-state index contributed by atoms with van der Waals surface area (Å²) in [6, 6.07) is 0. The maximum atomic E-state index is 9.25. The maximum Gasteiger partial charge on any atom is 0.110 e. The predicted molar refractivity (Wildman–Crippen MR) is 53.3 cm³/mol. The van der Waals surface area contributed by atoms with Gasteiger partial charge in [0.2, 0.25) is 0 Å². The molecule has 0 aromatic rings. The molecule has 0 aliphatic carbocycles. The molecule has 0 radical (unpaired) electrons. The molecule has 13 heavy (non-hydrogen) atoms. The first-order chi connectivity index (χ1) is 5.20. The van der Waals surface area contributed by atoms with Crippen LogP contribution >= 0.6 is 24.8 Å².